The molecule has 2 fully saturated rings. The second-order valence-corrected chi connectivity index (χ2v) is 6.29. The first kappa shape index (κ1) is 14.1. The lowest BCUT2D eigenvalue weighted by molar-refractivity contribution is 0.00211. The molecule has 1 aliphatic heterocycles. The second kappa shape index (κ2) is 6.70. The van der Waals surface area contributed by atoms with Crippen molar-refractivity contribution in [3.63, 3.8) is 0 Å². The number of nitrogens with zero attached hydrogens (tertiary/aromatic N) is 1. The lowest BCUT2D eigenvalue weighted by Gasteiger charge is -2.28. The lowest BCUT2D eigenvalue weighted by Crippen LogP contribution is -2.34. The van der Waals surface area contributed by atoms with Crippen LogP contribution in [0, 0.1) is 0 Å². The van der Waals surface area contributed by atoms with Crippen LogP contribution in [0.2, 0.25) is 0 Å². The first-order valence-electron chi connectivity index (χ1n) is 7.91. The molecule has 0 atom stereocenters. The van der Waals surface area contributed by atoms with Gasteiger partial charge in [0.05, 0.1) is 12.7 Å². The van der Waals surface area contributed by atoms with Gasteiger partial charge in [-0.05, 0) is 43.9 Å². The summed E-state index contributed by atoms with van der Waals surface area (Å²) in [7, 11) is 2.19. The van der Waals surface area contributed by atoms with Gasteiger partial charge < -0.3 is 15.0 Å². The first-order valence-corrected chi connectivity index (χ1v) is 7.91. The summed E-state index contributed by atoms with van der Waals surface area (Å²) in [5.74, 6) is 0. The van der Waals surface area contributed by atoms with Crippen LogP contribution in [0.1, 0.15) is 36.8 Å². The predicted octanol–water partition coefficient (Wildman–Crippen LogP) is 2.55. The van der Waals surface area contributed by atoms with E-state index in [-0.39, 0.29) is 0 Å². The number of ether oxygens (including phenoxy) is 1. The molecule has 3 heteroatoms. The van der Waals surface area contributed by atoms with Gasteiger partial charge in [-0.2, -0.15) is 0 Å². The standard InChI is InChI=1S/C17H26N2O/c1-19-9-7-17(8-10-19)20-13-15-4-2-3-14(11-15)12-18-16-5-6-16/h2-4,11,16-18H,5-10,12-13H2,1H3. The maximum Gasteiger partial charge on any atom is 0.0720 e. The average Bonchev–Trinajstić information content (AvgIpc) is 3.29. The highest BCUT2D eigenvalue weighted by Gasteiger charge is 2.20. The van der Waals surface area contributed by atoms with Crippen molar-refractivity contribution in [2.45, 2.75) is 51.0 Å². The van der Waals surface area contributed by atoms with Crippen molar-refractivity contribution in [1.29, 1.82) is 0 Å². The Bertz CT molecular complexity index is 423. The summed E-state index contributed by atoms with van der Waals surface area (Å²) in [5.41, 5.74) is 2.68. The molecule has 110 valence electrons. The van der Waals surface area contributed by atoms with Gasteiger partial charge in [0, 0.05) is 25.7 Å². The summed E-state index contributed by atoms with van der Waals surface area (Å²) in [4.78, 5) is 2.38. The maximum absolute atomic E-state index is 6.06. The van der Waals surface area contributed by atoms with Crippen LogP contribution in [0.15, 0.2) is 24.3 Å². The Hall–Kier alpha value is -0.900. The molecular weight excluding hydrogens is 248 g/mol. The second-order valence-electron chi connectivity index (χ2n) is 6.29. The minimum absolute atomic E-state index is 0.444. The minimum Gasteiger partial charge on any atom is -0.373 e. The molecule has 0 spiro atoms. The van der Waals surface area contributed by atoms with Crippen molar-refractivity contribution in [3.05, 3.63) is 35.4 Å². The Morgan fingerprint density at radius 1 is 1.15 bits per heavy atom. The van der Waals surface area contributed by atoms with Crippen molar-refractivity contribution in [2.75, 3.05) is 20.1 Å². The van der Waals surface area contributed by atoms with Crippen molar-refractivity contribution in [1.82, 2.24) is 10.2 Å². The summed E-state index contributed by atoms with van der Waals surface area (Å²) in [6.07, 6.45) is 5.47. The molecule has 1 aromatic carbocycles. The van der Waals surface area contributed by atoms with Gasteiger partial charge in [0.15, 0.2) is 0 Å². The highest BCUT2D eigenvalue weighted by atomic mass is 16.5. The zero-order chi connectivity index (χ0) is 13.8. The van der Waals surface area contributed by atoms with Crippen LogP contribution in [-0.4, -0.2) is 37.2 Å². The molecule has 1 aromatic rings. The Labute approximate surface area is 122 Å². The normalized spacial score (nSPS) is 21.2. The highest BCUT2D eigenvalue weighted by Crippen LogP contribution is 2.20. The van der Waals surface area contributed by atoms with Crippen LogP contribution in [0.4, 0.5) is 0 Å². The van der Waals surface area contributed by atoms with E-state index in [1.165, 1.54) is 36.8 Å². The lowest BCUT2D eigenvalue weighted by atomic mass is 10.1. The van der Waals surface area contributed by atoms with Crippen LogP contribution in [0.3, 0.4) is 0 Å². The van der Waals surface area contributed by atoms with E-state index in [2.05, 4.69) is 41.5 Å². The van der Waals surface area contributed by atoms with Crippen molar-refractivity contribution >= 4 is 0 Å². The first-order chi connectivity index (χ1) is 9.79. The molecule has 20 heavy (non-hydrogen) atoms. The zero-order valence-electron chi connectivity index (χ0n) is 12.5. The molecule has 2 aliphatic rings. The quantitative estimate of drug-likeness (QED) is 0.863. The van der Waals surface area contributed by atoms with E-state index in [0.717, 1.165) is 32.3 Å². The van der Waals surface area contributed by atoms with E-state index in [1.807, 2.05) is 0 Å². The third-order valence-electron chi connectivity index (χ3n) is 4.31. The third-order valence-corrected chi connectivity index (χ3v) is 4.31. The molecule has 0 amide bonds. The average molecular weight is 274 g/mol. The Morgan fingerprint density at radius 3 is 2.65 bits per heavy atom. The molecule has 0 unspecified atom stereocenters. The van der Waals surface area contributed by atoms with Gasteiger partial charge >= 0.3 is 0 Å². The molecular formula is C17H26N2O. The Balaban J connectivity index is 1.45. The van der Waals surface area contributed by atoms with Crippen molar-refractivity contribution in [2.24, 2.45) is 0 Å². The molecule has 1 heterocycles. The number of likely N-dealkylation sites (tertiary alicyclic amines) is 1. The van der Waals surface area contributed by atoms with E-state index in [0.29, 0.717) is 6.10 Å². The minimum atomic E-state index is 0.444. The van der Waals surface area contributed by atoms with Gasteiger partial charge in [0.2, 0.25) is 0 Å². The topological polar surface area (TPSA) is 24.5 Å². The molecule has 0 radical (unpaired) electrons. The van der Waals surface area contributed by atoms with E-state index >= 15 is 0 Å². The smallest absolute Gasteiger partial charge is 0.0720 e. The number of nitrogens with one attached hydrogen (secondary N) is 1. The fraction of sp³-hybridized carbons (Fsp3) is 0.647. The molecule has 0 bridgehead atoms. The van der Waals surface area contributed by atoms with E-state index in [4.69, 9.17) is 4.74 Å². The monoisotopic (exact) mass is 274 g/mol. The summed E-state index contributed by atoms with van der Waals surface area (Å²) in [6, 6.07) is 9.58. The highest BCUT2D eigenvalue weighted by molar-refractivity contribution is 5.23. The summed E-state index contributed by atoms with van der Waals surface area (Å²) in [5, 5.41) is 3.56. The molecule has 3 rings (SSSR count). The number of benzene rings is 1. The van der Waals surface area contributed by atoms with Gasteiger partial charge in [-0.3, -0.25) is 0 Å². The molecule has 1 aliphatic carbocycles. The van der Waals surface area contributed by atoms with Crippen LogP contribution >= 0.6 is 0 Å². The summed E-state index contributed by atoms with van der Waals surface area (Å²) >= 11 is 0. The van der Waals surface area contributed by atoms with E-state index in [1.54, 1.807) is 0 Å². The zero-order valence-corrected chi connectivity index (χ0v) is 12.5. The van der Waals surface area contributed by atoms with Gasteiger partial charge in [0.1, 0.15) is 0 Å². The Morgan fingerprint density at radius 2 is 1.90 bits per heavy atom. The van der Waals surface area contributed by atoms with Gasteiger partial charge in [0.25, 0.3) is 0 Å². The third kappa shape index (κ3) is 4.30. The van der Waals surface area contributed by atoms with Crippen molar-refractivity contribution in [3.8, 4) is 0 Å². The molecule has 1 saturated heterocycles. The number of rotatable bonds is 6. The predicted molar refractivity (Wildman–Crippen MR) is 81.6 cm³/mol. The number of hydrogen-bond acceptors (Lipinski definition) is 3. The Kier molecular flexibility index (Phi) is 4.71. The largest absolute Gasteiger partial charge is 0.373 e. The van der Waals surface area contributed by atoms with Crippen LogP contribution in [0.5, 0.6) is 0 Å². The fourth-order valence-corrected chi connectivity index (χ4v) is 2.74. The fourth-order valence-electron chi connectivity index (χ4n) is 2.74. The number of piperidine rings is 1. The van der Waals surface area contributed by atoms with Crippen molar-refractivity contribution < 1.29 is 4.74 Å². The van der Waals surface area contributed by atoms with E-state index in [9.17, 15) is 0 Å². The summed E-state index contributed by atoms with van der Waals surface area (Å²) in [6.45, 7) is 4.07. The summed E-state index contributed by atoms with van der Waals surface area (Å²) < 4.78 is 6.06. The number of hydrogen-bond donors (Lipinski definition) is 1. The van der Waals surface area contributed by atoms with Crippen LogP contribution in [-0.2, 0) is 17.9 Å². The van der Waals surface area contributed by atoms with Gasteiger partial charge in [-0.25, -0.2) is 0 Å². The van der Waals surface area contributed by atoms with Crippen LogP contribution < -0.4 is 5.32 Å². The van der Waals surface area contributed by atoms with E-state index < -0.39 is 0 Å². The molecule has 1 saturated carbocycles. The van der Waals surface area contributed by atoms with Crippen LogP contribution in [0.25, 0.3) is 0 Å². The van der Waals surface area contributed by atoms with Gasteiger partial charge in [-0.15, -0.1) is 0 Å². The van der Waals surface area contributed by atoms with Gasteiger partial charge in [-0.1, -0.05) is 24.3 Å². The SMILES string of the molecule is CN1CCC(OCc2cccc(CNC3CC3)c2)CC1. The molecule has 1 N–H and O–H groups in total. The molecule has 3 nitrogen and oxygen atoms in total. The maximum atomic E-state index is 6.06. The molecule has 0 aromatic heterocycles.